The maximum atomic E-state index is 5.64. The molecule has 1 aromatic rings. The van der Waals surface area contributed by atoms with Crippen LogP contribution in [0.15, 0.2) is 17.5 Å². The Morgan fingerprint density at radius 1 is 1.00 bits per heavy atom. The minimum absolute atomic E-state index is 0.885. The fourth-order valence-electron chi connectivity index (χ4n) is 1.89. The van der Waals surface area contributed by atoms with E-state index in [-0.39, 0.29) is 0 Å². The molecule has 0 N–H and O–H groups in total. The molecule has 0 aromatic carbocycles. The van der Waals surface area contributed by atoms with Gasteiger partial charge >= 0.3 is 0 Å². The maximum Gasteiger partial charge on any atom is 0.0514 e. The van der Waals surface area contributed by atoms with Crippen LogP contribution in [-0.2, 0) is 11.2 Å². The van der Waals surface area contributed by atoms with Crippen LogP contribution in [0.25, 0.3) is 0 Å². The molecule has 0 atom stereocenters. The molecule has 0 bridgehead atoms. The summed E-state index contributed by atoms with van der Waals surface area (Å²) in [5, 5.41) is 2.13. The average Bonchev–Trinajstić information content (AvgIpc) is 2.85. The quantitative estimate of drug-likeness (QED) is 0.502. The first-order valence-electron chi connectivity index (χ1n) is 7.03. The van der Waals surface area contributed by atoms with E-state index in [9.17, 15) is 0 Å². The molecule has 0 aliphatic heterocycles. The first kappa shape index (κ1) is 14.7. The molecule has 0 fully saturated rings. The van der Waals surface area contributed by atoms with Crippen molar-refractivity contribution >= 4 is 11.3 Å². The summed E-state index contributed by atoms with van der Waals surface area (Å²) in [5.41, 5.74) is 0. The standard InChI is InChI=1S/C15H26OS/c1-2-3-4-5-6-7-8-12-16-13-11-15-10-9-14-17-15/h9-10,14H,2-8,11-13H2,1H3. The van der Waals surface area contributed by atoms with Crippen LogP contribution < -0.4 is 0 Å². The van der Waals surface area contributed by atoms with E-state index in [2.05, 4.69) is 24.4 Å². The molecule has 1 nitrogen and oxygen atoms in total. The Bertz CT molecular complexity index is 243. The zero-order chi connectivity index (χ0) is 12.2. The Balaban J connectivity index is 1.76. The van der Waals surface area contributed by atoms with Gasteiger partial charge in [-0.25, -0.2) is 0 Å². The molecule has 0 amide bonds. The SMILES string of the molecule is CCCCCCCCCOCCc1cccs1. The van der Waals surface area contributed by atoms with Crippen LogP contribution in [0.5, 0.6) is 0 Å². The first-order chi connectivity index (χ1) is 8.43. The molecule has 0 aliphatic carbocycles. The summed E-state index contributed by atoms with van der Waals surface area (Å²) in [7, 11) is 0. The fraction of sp³-hybridized carbons (Fsp3) is 0.733. The predicted octanol–water partition coefficient (Wildman–Crippen LogP) is 5.06. The van der Waals surface area contributed by atoms with Gasteiger partial charge in [0.15, 0.2) is 0 Å². The van der Waals surface area contributed by atoms with Gasteiger partial charge in [0.1, 0.15) is 0 Å². The first-order valence-corrected chi connectivity index (χ1v) is 7.91. The second-order valence-corrected chi connectivity index (χ2v) is 5.60. The Kier molecular flexibility index (Phi) is 9.34. The average molecular weight is 254 g/mol. The van der Waals surface area contributed by atoms with Crippen LogP contribution in [0.4, 0.5) is 0 Å². The number of thiophene rings is 1. The lowest BCUT2D eigenvalue weighted by atomic mass is 10.1. The topological polar surface area (TPSA) is 9.23 Å². The lowest BCUT2D eigenvalue weighted by Crippen LogP contribution is -1.99. The number of unbranched alkanes of at least 4 members (excludes halogenated alkanes) is 6. The predicted molar refractivity (Wildman–Crippen MR) is 76.8 cm³/mol. The van der Waals surface area contributed by atoms with Crippen molar-refractivity contribution in [3.63, 3.8) is 0 Å². The maximum absolute atomic E-state index is 5.64. The van der Waals surface area contributed by atoms with Crippen LogP contribution in [0.1, 0.15) is 56.7 Å². The van der Waals surface area contributed by atoms with Crippen LogP contribution >= 0.6 is 11.3 Å². The van der Waals surface area contributed by atoms with Gasteiger partial charge in [0.2, 0.25) is 0 Å². The second-order valence-electron chi connectivity index (χ2n) is 4.56. The summed E-state index contributed by atoms with van der Waals surface area (Å²) in [6.07, 6.45) is 10.6. The fourth-order valence-corrected chi connectivity index (χ4v) is 2.58. The Hall–Kier alpha value is -0.340. The number of hydrogen-bond acceptors (Lipinski definition) is 2. The van der Waals surface area contributed by atoms with Crippen molar-refractivity contribution in [1.29, 1.82) is 0 Å². The monoisotopic (exact) mass is 254 g/mol. The lowest BCUT2D eigenvalue weighted by molar-refractivity contribution is 0.133. The highest BCUT2D eigenvalue weighted by atomic mass is 32.1. The normalized spacial score (nSPS) is 10.9. The van der Waals surface area contributed by atoms with Gasteiger partial charge in [0.25, 0.3) is 0 Å². The largest absolute Gasteiger partial charge is 0.381 e. The Morgan fingerprint density at radius 2 is 1.76 bits per heavy atom. The summed E-state index contributed by atoms with van der Waals surface area (Å²) in [6, 6.07) is 4.29. The molecule has 0 spiro atoms. The summed E-state index contributed by atoms with van der Waals surface area (Å²) in [4.78, 5) is 1.43. The number of ether oxygens (including phenoxy) is 1. The van der Waals surface area contributed by atoms with Gasteiger partial charge in [-0.1, -0.05) is 51.5 Å². The number of hydrogen-bond donors (Lipinski definition) is 0. The smallest absolute Gasteiger partial charge is 0.0514 e. The molecular weight excluding hydrogens is 228 g/mol. The summed E-state index contributed by atoms with van der Waals surface area (Å²) >= 11 is 1.82. The summed E-state index contributed by atoms with van der Waals surface area (Å²) < 4.78 is 5.64. The third kappa shape index (κ3) is 8.39. The van der Waals surface area contributed by atoms with Crippen molar-refractivity contribution in [2.75, 3.05) is 13.2 Å². The molecule has 1 aromatic heterocycles. The minimum Gasteiger partial charge on any atom is -0.381 e. The van der Waals surface area contributed by atoms with E-state index in [1.165, 1.54) is 49.8 Å². The van der Waals surface area contributed by atoms with E-state index >= 15 is 0 Å². The molecule has 0 saturated carbocycles. The van der Waals surface area contributed by atoms with Crippen LogP contribution in [0.3, 0.4) is 0 Å². The van der Waals surface area contributed by atoms with Crippen LogP contribution in [0.2, 0.25) is 0 Å². The van der Waals surface area contributed by atoms with E-state index in [1.807, 2.05) is 11.3 Å². The van der Waals surface area contributed by atoms with Crippen molar-refractivity contribution < 1.29 is 4.74 Å². The van der Waals surface area contributed by atoms with E-state index in [0.29, 0.717) is 0 Å². The van der Waals surface area contributed by atoms with Gasteiger partial charge in [-0.15, -0.1) is 11.3 Å². The highest BCUT2D eigenvalue weighted by molar-refractivity contribution is 7.09. The van der Waals surface area contributed by atoms with Crippen molar-refractivity contribution in [2.24, 2.45) is 0 Å². The van der Waals surface area contributed by atoms with E-state index in [1.54, 1.807) is 0 Å². The molecule has 0 radical (unpaired) electrons. The molecule has 0 aliphatic rings. The molecule has 1 rings (SSSR count). The van der Waals surface area contributed by atoms with Crippen molar-refractivity contribution in [3.05, 3.63) is 22.4 Å². The van der Waals surface area contributed by atoms with Crippen molar-refractivity contribution in [2.45, 2.75) is 58.3 Å². The van der Waals surface area contributed by atoms with Crippen molar-refractivity contribution in [3.8, 4) is 0 Å². The van der Waals surface area contributed by atoms with Gasteiger partial charge in [-0.2, -0.15) is 0 Å². The van der Waals surface area contributed by atoms with E-state index in [0.717, 1.165) is 19.6 Å². The highest BCUT2D eigenvalue weighted by Crippen LogP contribution is 2.09. The third-order valence-corrected chi connectivity index (χ3v) is 3.90. The minimum atomic E-state index is 0.885. The van der Waals surface area contributed by atoms with Crippen molar-refractivity contribution in [1.82, 2.24) is 0 Å². The highest BCUT2D eigenvalue weighted by Gasteiger charge is 1.94. The lowest BCUT2D eigenvalue weighted by Gasteiger charge is -2.03. The van der Waals surface area contributed by atoms with Crippen LogP contribution in [-0.4, -0.2) is 13.2 Å². The Morgan fingerprint density at radius 3 is 2.47 bits per heavy atom. The molecule has 17 heavy (non-hydrogen) atoms. The van der Waals surface area contributed by atoms with Gasteiger partial charge in [-0.05, 0) is 17.9 Å². The molecule has 0 unspecified atom stereocenters. The second kappa shape index (κ2) is 10.8. The van der Waals surface area contributed by atoms with Gasteiger partial charge in [-0.3, -0.25) is 0 Å². The van der Waals surface area contributed by atoms with Gasteiger partial charge in [0.05, 0.1) is 6.61 Å². The Labute approximate surface area is 110 Å². The third-order valence-electron chi connectivity index (χ3n) is 2.97. The molecule has 2 heteroatoms. The van der Waals surface area contributed by atoms with E-state index < -0.39 is 0 Å². The van der Waals surface area contributed by atoms with Gasteiger partial charge in [0, 0.05) is 17.9 Å². The van der Waals surface area contributed by atoms with Gasteiger partial charge < -0.3 is 4.74 Å². The van der Waals surface area contributed by atoms with Crippen LogP contribution in [0, 0.1) is 0 Å². The zero-order valence-electron chi connectivity index (χ0n) is 11.1. The molecule has 0 saturated heterocycles. The summed E-state index contributed by atoms with van der Waals surface area (Å²) in [6.45, 7) is 4.09. The zero-order valence-corrected chi connectivity index (χ0v) is 11.9. The number of rotatable bonds is 11. The molecular formula is C15H26OS. The molecule has 1 heterocycles. The molecule has 98 valence electrons. The van der Waals surface area contributed by atoms with E-state index in [4.69, 9.17) is 4.74 Å². The summed E-state index contributed by atoms with van der Waals surface area (Å²) in [5.74, 6) is 0.